The summed E-state index contributed by atoms with van der Waals surface area (Å²) in [4.78, 5) is 53.5. The fourth-order valence-electron chi connectivity index (χ4n) is 5.55. The van der Waals surface area contributed by atoms with Crippen LogP contribution in [0.1, 0.15) is 90.1 Å². The van der Waals surface area contributed by atoms with Crippen LogP contribution >= 0.6 is 0 Å². The Balaban J connectivity index is 1.47. The normalized spacial score (nSPS) is 11.0. The quantitative estimate of drug-likeness (QED) is 0.123. The Labute approximate surface area is 258 Å². The molecule has 44 heavy (non-hydrogen) atoms. The second kappa shape index (κ2) is 14.8. The Kier molecular flexibility index (Phi) is 10.2. The molecule has 5 aromatic rings. The number of ketones is 4. The molecule has 0 heterocycles. The molecular formula is C40H34O4. The predicted octanol–water partition coefficient (Wildman–Crippen LogP) is 8.95. The number of hydrogen-bond acceptors (Lipinski definition) is 4. The van der Waals surface area contributed by atoms with Gasteiger partial charge in [-0.15, -0.1) is 0 Å². The van der Waals surface area contributed by atoms with Crippen molar-refractivity contribution in [3.8, 4) is 0 Å². The summed E-state index contributed by atoms with van der Waals surface area (Å²) in [5.41, 5.74) is 4.06. The molecule has 5 aromatic carbocycles. The van der Waals surface area contributed by atoms with Gasteiger partial charge in [0.15, 0.2) is 23.1 Å². The van der Waals surface area contributed by atoms with Crippen LogP contribution in [0, 0.1) is 0 Å². The number of benzene rings is 5. The van der Waals surface area contributed by atoms with E-state index in [1.807, 2.05) is 97.1 Å². The van der Waals surface area contributed by atoms with Gasteiger partial charge >= 0.3 is 0 Å². The Morgan fingerprint density at radius 2 is 0.591 bits per heavy atom. The molecule has 0 radical (unpaired) electrons. The van der Waals surface area contributed by atoms with Gasteiger partial charge in [-0.2, -0.15) is 0 Å². The van der Waals surface area contributed by atoms with Gasteiger partial charge in [0.1, 0.15) is 0 Å². The smallest absolute Gasteiger partial charge is 0.163 e. The van der Waals surface area contributed by atoms with Gasteiger partial charge in [-0.1, -0.05) is 146 Å². The Hall–Kier alpha value is -5.22. The molecule has 0 aromatic heterocycles. The van der Waals surface area contributed by atoms with Gasteiger partial charge < -0.3 is 0 Å². The lowest BCUT2D eigenvalue weighted by molar-refractivity contribution is 0.0929. The fraction of sp³-hybridized carbons (Fsp3) is 0.150. The molecule has 0 aliphatic rings. The van der Waals surface area contributed by atoms with Crippen molar-refractivity contribution in [1.82, 2.24) is 0 Å². The van der Waals surface area contributed by atoms with E-state index in [-0.39, 0.29) is 60.7 Å². The zero-order valence-corrected chi connectivity index (χ0v) is 24.5. The molecule has 4 nitrogen and oxygen atoms in total. The number of carbonyl (C=O) groups excluding carboxylic acids is 4. The largest absolute Gasteiger partial charge is 0.294 e. The lowest BCUT2D eigenvalue weighted by Crippen LogP contribution is -2.15. The first-order valence-corrected chi connectivity index (χ1v) is 14.9. The number of carbonyl (C=O) groups is 4. The minimum Gasteiger partial charge on any atom is -0.294 e. The SMILES string of the molecule is O=C(CC(CC(=O)c1ccccc1)c1cccc(C(CC(=O)c2ccccc2)CC(=O)c2ccccc2)c1)c1ccccc1. The highest BCUT2D eigenvalue weighted by Crippen LogP contribution is 2.33. The highest BCUT2D eigenvalue weighted by Gasteiger charge is 2.25. The average molecular weight is 579 g/mol. The number of rotatable bonds is 14. The first-order chi connectivity index (χ1) is 21.5. The molecule has 5 rings (SSSR count). The Bertz CT molecular complexity index is 1480. The minimum atomic E-state index is -0.384. The maximum absolute atomic E-state index is 13.4. The van der Waals surface area contributed by atoms with Crippen LogP contribution in [0.3, 0.4) is 0 Å². The third-order valence-electron chi connectivity index (χ3n) is 7.96. The molecule has 0 aliphatic heterocycles. The van der Waals surface area contributed by atoms with Crippen molar-refractivity contribution in [1.29, 1.82) is 0 Å². The van der Waals surface area contributed by atoms with Gasteiger partial charge in [0, 0.05) is 47.9 Å². The molecule has 0 aliphatic carbocycles. The van der Waals surface area contributed by atoms with Crippen LogP contribution < -0.4 is 0 Å². The topological polar surface area (TPSA) is 68.3 Å². The van der Waals surface area contributed by atoms with E-state index in [2.05, 4.69) is 0 Å². The molecule has 0 fully saturated rings. The van der Waals surface area contributed by atoms with Crippen LogP contribution in [-0.4, -0.2) is 23.1 Å². The Morgan fingerprint density at radius 1 is 0.341 bits per heavy atom. The molecule has 218 valence electrons. The molecule has 0 saturated heterocycles. The van der Waals surface area contributed by atoms with Gasteiger partial charge in [-0.05, 0) is 23.0 Å². The fourth-order valence-corrected chi connectivity index (χ4v) is 5.55. The van der Waals surface area contributed by atoms with E-state index < -0.39 is 0 Å². The van der Waals surface area contributed by atoms with Crippen LogP contribution in [0.4, 0.5) is 0 Å². The number of Topliss-reactive ketones (excluding diaryl/α,β-unsaturated/α-hetero) is 4. The molecule has 0 amide bonds. The first-order valence-electron chi connectivity index (χ1n) is 14.9. The summed E-state index contributed by atoms with van der Waals surface area (Å²) in [6.45, 7) is 0. The molecule has 0 bridgehead atoms. The van der Waals surface area contributed by atoms with Crippen LogP contribution in [0.5, 0.6) is 0 Å². The van der Waals surface area contributed by atoms with Crippen LogP contribution in [0.2, 0.25) is 0 Å². The summed E-state index contributed by atoms with van der Waals surface area (Å²) in [7, 11) is 0. The zero-order valence-electron chi connectivity index (χ0n) is 24.5. The first kappa shape index (κ1) is 30.2. The average Bonchev–Trinajstić information content (AvgIpc) is 3.09. The van der Waals surface area contributed by atoms with Crippen molar-refractivity contribution in [2.75, 3.05) is 0 Å². The molecule has 0 N–H and O–H groups in total. The molecular weight excluding hydrogens is 544 g/mol. The van der Waals surface area contributed by atoms with Gasteiger partial charge in [-0.3, -0.25) is 19.2 Å². The van der Waals surface area contributed by atoms with Crippen LogP contribution in [0.25, 0.3) is 0 Å². The van der Waals surface area contributed by atoms with E-state index in [1.54, 1.807) is 48.5 Å². The van der Waals surface area contributed by atoms with Gasteiger partial charge in [0.25, 0.3) is 0 Å². The van der Waals surface area contributed by atoms with E-state index in [4.69, 9.17) is 0 Å². The summed E-state index contributed by atoms with van der Waals surface area (Å²) in [5.74, 6) is -0.945. The second-order valence-electron chi connectivity index (χ2n) is 11.0. The van der Waals surface area contributed by atoms with Crippen molar-refractivity contribution >= 4 is 23.1 Å². The van der Waals surface area contributed by atoms with Crippen LogP contribution in [0.15, 0.2) is 146 Å². The molecule has 0 saturated carbocycles. The van der Waals surface area contributed by atoms with Crippen molar-refractivity contribution < 1.29 is 19.2 Å². The highest BCUT2D eigenvalue weighted by molar-refractivity contribution is 6.00. The predicted molar refractivity (Wildman–Crippen MR) is 173 cm³/mol. The van der Waals surface area contributed by atoms with E-state index in [0.717, 1.165) is 11.1 Å². The third-order valence-corrected chi connectivity index (χ3v) is 7.96. The number of hydrogen-bond donors (Lipinski definition) is 0. The van der Waals surface area contributed by atoms with Crippen molar-refractivity contribution in [2.24, 2.45) is 0 Å². The standard InChI is InChI=1S/C40H34O4/c41-37(29-14-5-1-6-15-29)25-35(26-38(42)30-16-7-2-8-17-30)33-22-13-23-34(24-33)36(27-39(43)31-18-9-3-10-19-31)28-40(44)32-20-11-4-12-21-32/h1-24,35-36H,25-28H2. The van der Waals surface area contributed by atoms with Crippen molar-refractivity contribution in [3.05, 3.63) is 179 Å². The molecule has 4 heteroatoms. The van der Waals surface area contributed by atoms with E-state index in [1.165, 1.54) is 0 Å². The summed E-state index contributed by atoms with van der Waals surface area (Å²) < 4.78 is 0. The van der Waals surface area contributed by atoms with E-state index >= 15 is 0 Å². The Morgan fingerprint density at radius 3 is 0.841 bits per heavy atom. The molecule has 0 spiro atoms. The van der Waals surface area contributed by atoms with Crippen LogP contribution in [-0.2, 0) is 0 Å². The van der Waals surface area contributed by atoms with Gasteiger partial charge in [0.2, 0.25) is 0 Å². The summed E-state index contributed by atoms with van der Waals surface area (Å²) in [5, 5.41) is 0. The highest BCUT2D eigenvalue weighted by atomic mass is 16.1. The maximum atomic E-state index is 13.4. The van der Waals surface area contributed by atoms with E-state index in [0.29, 0.717) is 22.3 Å². The van der Waals surface area contributed by atoms with Crippen molar-refractivity contribution in [3.63, 3.8) is 0 Å². The van der Waals surface area contributed by atoms with Gasteiger partial charge in [-0.25, -0.2) is 0 Å². The summed E-state index contributed by atoms with van der Waals surface area (Å²) in [6.07, 6.45) is 0.621. The lowest BCUT2D eigenvalue weighted by Gasteiger charge is -2.21. The molecule has 0 unspecified atom stereocenters. The van der Waals surface area contributed by atoms with E-state index in [9.17, 15) is 19.2 Å². The molecule has 0 atom stereocenters. The zero-order chi connectivity index (χ0) is 30.7. The van der Waals surface area contributed by atoms with Crippen molar-refractivity contribution in [2.45, 2.75) is 37.5 Å². The second-order valence-corrected chi connectivity index (χ2v) is 11.0. The van der Waals surface area contributed by atoms with Gasteiger partial charge in [0.05, 0.1) is 0 Å². The summed E-state index contributed by atoms with van der Waals surface area (Å²) >= 11 is 0. The minimum absolute atomic E-state index is 0.0445. The lowest BCUT2D eigenvalue weighted by atomic mass is 9.82. The maximum Gasteiger partial charge on any atom is 0.163 e. The summed E-state index contributed by atoms with van der Waals surface area (Å²) in [6, 6.07) is 44.1. The monoisotopic (exact) mass is 578 g/mol. The third kappa shape index (κ3) is 7.99.